The van der Waals surface area contributed by atoms with Crippen LogP contribution in [0.4, 0.5) is 0 Å². The predicted molar refractivity (Wildman–Crippen MR) is 132 cm³/mol. The van der Waals surface area contributed by atoms with Crippen LogP contribution in [0.15, 0.2) is 88.8 Å². The maximum Gasteiger partial charge on any atom is 0.283 e. The van der Waals surface area contributed by atoms with E-state index in [0.29, 0.717) is 17.0 Å². The van der Waals surface area contributed by atoms with E-state index in [1.54, 1.807) is 12.1 Å². The number of rotatable bonds is 7. The van der Waals surface area contributed by atoms with Crippen molar-refractivity contribution in [1.29, 1.82) is 0 Å². The number of carbonyl (C=O) groups is 2. The van der Waals surface area contributed by atoms with Crippen LogP contribution in [0.25, 0.3) is 6.08 Å². The lowest BCUT2D eigenvalue weighted by Crippen LogP contribution is -2.32. The van der Waals surface area contributed by atoms with E-state index in [4.69, 9.17) is 0 Å². The average Bonchev–Trinajstić information content (AvgIpc) is 2.80. The molecule has 0 saturated heterocycles. The van der Waals surface area contributed by atoms with Crippen molar-refractivity contribution >= 4 is 35.4 Å². The van der Waals surface area contributed by atoms with Crippen LogP contribution in [-0.4, -0.2) is 47.8 Å². The Hall–Kier alpha value is -3.22. The summed E-state index contributed by atoms with van der Waals surface area (Å²) in [5, 5.41) is 3.05. The molecule has 0 bridgehead atoms. The van der Waals surface area contributed by atoms with Gasteiger partial charge in [-0.3, -0.25) is 9.59 Å². The fraction of sp³-hybridized carbons (Fsp3) is 0.192. The molecule has 0 saturated carbocycles. The van der Waals surface area contributed by atoms with Gasteiger partial charge in [-0.25, -0.2) is 4.99 Å². The van der Waals surface area contributed by atoms with E-state index in [9.17, 15) is 9.59 Å². The fourth-order valence-corrected chi connectivity index (χ4v) is 4.53. The second-order valence-electron chi connectivity index (χ2n) is 7.73. The third-order valence-electron chi connectivity index (χ3n) is 5.20. The standard InChI is InChI=1S/C26H25N3O2S/c1-29(18-20-7-3-2-4-8-20)16-15-27-25(30)21-13-11-19(12-14-21)17-24-26(31)28-22-9-5-6-10-23(22)32-24/h2-14,17,23H,15-16,18H2,1H3,(H,27,30)/b24-17-. The highest BCUT2D eigenvalue weighted by Crippen LogP contribution is 2.32. The molecular formula is C26H25N3O2S. The first-order valence-corrected chi connectivity index (χ1v) is 11.4. The molecule has 0 aromatic heterocycles. The maximum atomic E-state index is 12.5. The number of likely N-dealkylation sites (N-methyl/N-ethyl adjacent to an activating group) is 1. The molecule has 6 heteroatoms. The van der Waals surface area contributed by atoms with Gasteiger partial charge in [0.25, 0.3) is 11.8 Å². The smallest absolute Gasteiger partial charge is 0.283 e. The van der Waals surface area contributed by atoms with Crippen LogP contribution in [0.2, 0.25) is 0 Å². The van der Waals surface area contributed by atoms with Crippen molar-refractivity contribution in [2.24, 2.45) is 4.99 Å². The monoisotopic (exact) mass is 443 g/mol. The number of aliphatic imine (C=N–C) groups is 1. The molecule has 1 atom stereocenters. The Morgan fingerprint density at radius 3 is 2.69 bits per heavy atom. The summed E-state index contributed by atoms with van der Waals surface area (Å²) >= 11 is 1.50. The summed E-state index contributed by atoms with van der Waals surface area (Å²) in [7, 11) is 2.04. The molecule has 32 heavy (non-hydrogen) atoms. The van der Waals surface area contributed by atoms with Gasteiger partial charge in [-0.2, -0.15) is 0 Å². The molecular weight excluding hydrogens is 418 g/mol. The van der Waals surface area contributed by atoms with Crippen molar-refractivity contribution in [3.05, 3.63) is 100 Å². The lowest BCUT2D eigenvalue weighted by atomic mass is 10.1. The van der Waals surface area contributed by atoms with Crippen LogP contribution in [0.1, 0.15) is 21.5 Å². The lowest BCUT2D eigenvalue weighted by molar-refractivity contribution is -0.113. The summed E-state index contributed by atoms with van der Waals surface area (Å²) in [5.74, 6) is -0.323. The topological polar surface area (TPSA) is 61.8 Å². The van der Waals surface area contributed by atoms with Gasteiger partial charge in [0, 0.05) is 25.2 Å². The van der Waals surface area contributed by atoms with Gasteiger partial charge in [-0.1, -0.05) is 60.7 Å². The number of benzene rings is 2. The molecule has 162 valence electrons. The number of nitrogens with zero attached hydrogens (tertiary/aromatic N) is 2. The van der Waals surface area contributed by atoms with Crippen LogP contribution < -0.4 is 5.32 Å². The van der Waals surface area contributed by atoms with Gasteiger partial charge in [0.05, 0.1) is 15.9 Å². The Labute approximate surface area is 192 Å². The highest BCUT2D eigenvalue weighted by Gasteiger charge is 2.25. The molecule has 1 N–H and O–H groups in total. The van der Waals surface area contributed by atoms with E-state index in [1.807, 2.05) is 67.8 Å². The number of hydrogen-bond donors (Lipinski definition) is 1. The molecule has 0 fully saturated rings. The number of thioether (sulfide) groups is 1. The molecule has 1 aliphatic carbocycles. The number of hydrogen-bond acceptors (Lipinski definition) is 4. The molecule has 5 nitrogen and oxygen atoms in total. The number of amides is 2. The average molecular weight is 444 g/mol. The zero-order valence-electron chi connectivity index (χ0n) is 17.9. The van der Waals surface area contributed by atoms with Crippen molar-refractivity contribution in [2.75, 3.05) is 20.1 Å². The minimum atomic E-state index is -0.220. The highest BCUT2D eigenvalue weighted by atomic mass is 32.2. The van der Waals surface area contributed by atoms with E-state index in [1.165, 1.54) is 17.3 Å². The van der Waals surface area contributed by atoms with Gasteiger partial charge in [-0.05, 0) is 42.5 Å². The molecule has 4 rings (SSSR count). The number of allylic oxidation sites excluding steroid dienone is 3. The van der Waals surface area contributed by atoms with Gasteiger partial charge in [0.1, 0.15) is 0 Å². The van der Waals surface area contributed by atoms with Gasteiger partial charge >= 0.3 is 0 Å². The van der Waals surface area contributed by atoms with E-state index in [0.717, 1.165) is 24.4 Å². The molecule has 0 radical (unpaired) electrons. The molecule has 1 aliphatic heterocycles. The Morgan fingerprint density at radius 1 is 1.12 bits per heavy atom. The lowest BCUT2D eigenvalue weighted by Gasteiger charge is -2.20. The SMILES string of the molecule is CN(CCNC(=O)c1ccc(/C=C2\SC3C=CC=CC3=NC2=O)cc1)Cc1ccccc1. The van der Waals surface area contributed by atoms with Crippen LogP contribution in [0, 0.1) is 0 Å². The van der Waals surface area contributed by atoms with E-state index < -0.39 is 0 Å². The quantitative estimate of drug-likeness (QED) is 0.655. The normalized spacial score (nSPS) is 18.6. The maximum absolute atomic E-state index is 12.5. The van der Waals surface area contributed by atoms with E-state index in [-0.39, 0.29) is 17.1 Å². The Bertz CT molecular complexity index is 1100. The first kappa shape index (κ1) is 22.0. The van der Waals surface area contributed by atoms with Crippen molar-refractivity contribution in [1.82, 2.24) is 10.2 Å². The molecule has 2 aromatic rings. The number of nitrogens with one attached hydrogen (secondary N) is 1. The summed E-state index contributed by atoms with van der Waals surface area (Å²) in [4.78, 5) is 31.7. The van der Waals surface area contributed by atoms with Gasteiger partial charge < -0.3 is 10.2 Å². The Balaban J connectivity index is 1.29. The molecule has 2 amide bonds. The first-order valence-electron chi connectivity index (χ1n) is 10.6. The van der Waals surface area contributed by atoms with E-state index in [2.05, 4.69) is 27.3 Å². The van der Waals surface area contributed by atoms with Crippen LogP contribution >= 0.6 is 11.8 Å². The van der Waals surface area contributed by atoms with Crippen LogP contribution in [0.5, 0.6) is 0 Å². The Morgan fingerprint density at radius 2 is 1.91 bits per heavy atom. The highest BCUT2D eigenvalue weighted by molar-refractivity contribution is 8.05. The predicted octanol–water partition coefficient (Wildman–Crippen LogP) is 4.10. The summed E-state index contributed by atoms with van der Waals surface area (Å²) in [6, 6.07) is 17.5. The van der Waals surface area contributed by atoms with Gasteiger partial charge in [0.15, 0.2) is 0 Å². The molecule has 2 aromatic carbocycles. The minimum Gasteiger partial charge on any atom is -0.351 e. The van der Waals surface area contributed by atoms with Crippen molar-refractivity contribution in [3.8, 4) is 0 Å². The van der Waals surface area contributed by atoms with Crippen LogP contribution in [0.3, 0.4) is 0 Å². The third kappa shape index (κ3) is 5.72. The number of carbonyl (C=O) groups excluding carboxylic acids is 2. The summed E-state index contributed by atoms with van der Waals surface area (Å²) in [5.41, 5.74) is 3.51. The first-order chi connectivity index (χ1) is 15.6. The third-order valence-corrected chi connectivity index (χ3v) is 6.39. The largest absolute Gasteiger partial charge is 0.351 e. The fourth-order valence-electron chi connectivity index (χ4n) is 3.49. The van der Waals surface area contributed by atoms with Gasteiger partial charge in [-0.15, -0.1) is 11.8 Å². The molecule has 1 unspecified atom stereocenters. The van der Waals surface area contributed by atoms with Crippen LogP contribution in [-0.2, 0) is 11.3 Å². The minimum absolute atomic E-state index is 0.0778. The van der Waals surface area contributed by atoms with Crippen molar-refractivity contribution < 1.29 is 9.59 Å². The van der Waals surface area contributed by atoms with Gasteiger partial charge in [0.2, 0.25) is 0 Å². The van der Waals surface area contributed by atoms with E-state index >= 15 is 0 Å². The molecule has 1 heterocycles. The zero-order valence-corrected chi connectivity index (χ0v) is 18.7. The zero-order chi connectivity index (χ0) is 22.3. The Kier molecular flexibility index (Phi) is 7.14. The molecule has 0 spiro atoms. The summed E-state index contributed by atoms with van der Waals surface area (Å²) in [6.07, 6.45) is 9.60. The second-order valence-corrected chi connectivity index (χ2v) is 8.92. The summed E-state index contributed by atoms with van der Waals surface area (Å²) < 4.78 is 0. The molecule has 2 aliphatic rings. The second kappa shape index (κ2) is 10.4. The van der Waals surface area contributed by atoms with Crippen molar-refractivity contribution in [3.63, 3.8) is 0 Å². The number of fused-ring (bicyclic) bond motifs is 1. The van der Waals surface area contributed by atoms with Crippen molar-refractivity contribution in [2.45, 2.75) is 11.8 Å². The summed E-state index contributed by atoms with van der Waals surface area (Å²) in [6.45, 7) is 2.18.